The average Bonchev–Trinajstić information content (AvgIpc) is 2.73. The molecule has 4 nitrogen and oxygen atoms in total. The standard InChI is InChI=1S/C13H21N3O/c1-3-9-17-12-7-8-14-13(16-12)15-11-6-4-5-10(11)2/h7-8,10-11H,3-6,9H2,1-2H3,(H,14,15,16). The van der Waals surface area contributed by atoms with Crippen LogP contribution < -0.4 is 10.1 Å². The van der Waals surface area contributed by atoms with Crippen molar-refractivity contribution >= 4 is 5.95 Å². The van der Waals surface area contributed by atoms with Crippen LogP contribution in [0.4, 0.5) is 5.95 Å². The molecule has 17 heavy (non-hydrogen) atoms. The summed E-state index contributed by atoms with van der Waals surface area (Å²) < 4.78 is 5.50. The van der Waals surface area contributed by atoms with E-state index in [0.717, 1.165) is 6.42 Å². The first-order valence-electron chi connectivity index (χ1n) is 6.52. The minimum atomic E-state index is 0.511. The van der Waals surface area contributed by atoms with Gasteiger partial charge in [0.2, 0.25) is 11.8 Å². The van der Waals surface area contributed by atoms with Crippen molar-refractivity contribution in [3.05, 3.63) is 12.3 Å². The predicted octanol–water partition coefficient (Wildman–Crippen LogP) is 2.87. The van der Waals surface area contributed by atoms with Gasteiger partial charge in [0.25, 0.3) is 0 Å². The lowest BCUT2D eigenvalue weighted by molar-refractivity contribution is 0.305. The molecule has 0 amide bonds. The van der Waals surface area contributed by atoms with Crippen molar-refractivity contribution < 1.29 is 4.74 Å². The van der Waals surface area contributed by atoms with Crippen molar-refractivity contribution in [2.24, 2.45) is 5.92 Å². The maximum Gasteiger partial charge on any atom is 0.226 e. The molecule has 2 atom stereocenters. The fourth-order valence-electron chi connectivity index (χ4n) is 2.22. The van der Waals surface area contributed by atoms with Crippen LogP contribution in [0.2, 0.25) is 0 Å². The van der Waals surface area contributed by atoms with E-state index >= 15 is 0 Å². The van der Waals surface area contributed by atoms with E-state index in [2.05, 4.69) is 29.1 Å². The quantitative estimate of drug-likeness (QED) is 0.852. The normalized spacial score (nSPS) is 23.6. The number of hydrogen-bond acceptors (Lipinski definition) is 4. The number of rotatable bonds is 5. The Morgan fingerprint density at radius 2 is 2.35 bits per heavy atom. The molecule has 1 N–H and O–H groups in total. The minimum Gasteiger partial charge on any atom is -0.478 e. The Balaban J connectivity index is 1.95. The maximum atomic E-state index is 5.50. The van der Waals surface area contributed by atoms with E-state index in [-0.39, 0.29) is 0 Å². The van der Waals surface area contributed by atoms with E-state index in [4.69, 9.17) is 4.74 Å². The Labute approximate surface area is 103 Å². The Kier molecular flexibility index (Phi) is 4.18. The zero-order valence-corrected chi connectivity index (χ0v) is 10.6. The molecule has 0 spiro atoms. The summed E-state index contributed by atoms with van der Waals surface area (Å²) >= 11 is 0. The molecule has 1 aromatic heterocycles. The first-order valence-corrected chi connectivity index (χ1v) is 6.52. The van der Waals surface area contributed by atoms with Crippen molar-refractivity contribution in [2.45, 2.75) is 45.6 Å². The number of ether oxygens (including phenoxy) is 1. The fraction of sp³-hybridized carbons (Fsp3) is 0.692. The molecule has 0 aromatic carbocycles. The van der Waals surface area contributed by atoms with Crippen LogP contribution in [-0.2, 0) is 0 Å². The van der Waals surface area contributed by atoms with Crippen LogP contribution in [0.5, 0.6) is 5.88 Å². The van der Waals surface area contributed by atoms with Crippen LogP contribution in [0.25, 0.3) is 0 Å². The molecule has 1 fully saturated rings. The summed E-state index contributed by atoms with van der Waals surface area (Å²) in [4.78, 5) is 8.61. The zero-order chi connectivity index (χ0) is 12.1. The summed E-state index contributed by atoms with van der Waals surface area (Å²) in [6.07, 6.45) is 6.55. The monoisotopic (exact) mass is 235 g/mol. The van der Waals surface area contributed by atoms with Crippen LogP contribution in [-0.4, -0.2) is 22.6 Å². The second-order valence-electron chi connectivity index (χ2n) is 4.73. The molecule has 1 aliphatic rings. The summed E-state index contributed by atoms with van der Waals surface area (Å²) in [7, 11) is 0. The second kappa shape index (κ2) is 5.84. The van der Waals surface area contributed by atoms with E-state index in [1.807, 2.05) is 0 Å². The third-order valence-electron chi connectivity index (χ3n) is 3.26. The lowest BCUT2D eigenvalue weighted by Crippen LogP contribution is -2.23. The number of hydrogen-bond donors (Lipinski definition) is 1. The van der Waals surface area contributed by atoms with Gasteiger partial charge in [0.15, 0.2) is 0 Å². The molecule has 4 heteroatoms. The van der Waals surface area contributed by atoms with Crippen molar-refractivity contribution in [2.75, 3.05) is 11.9 Å². The smallest absolute Gasteiger partial charge is 0.226 e. The molecular formula is C13H21N3O. The zero-order valence-electron chi connectivity index (χ0n) is 10.6. The number of aromatic nitrogens is 2. The minimum absolute atomic E-state index is 0.511. The molecule has 1 saturated carbocycles. The maximum absolute atomic E-state index is 5.50. The van der Waals surface area contributed by atoms with Crippen molar-refractivity contribution in [1.82, 2.24) is 9.97 Å². The predicted molar refractivity (Wildman–Crippen MR) is 68.2 cm³/mol. The van der Waals surface area contributed by atoms with Crippen molar-refractivity contribution in [1.29, 1.82) is 0 Å². The Morgan fingerprint density at radius 3 is 3.06 bits per heavy atom. The molecule has 0 radical (unpaired) electrons. The van der Waals surface area contributed by atoms with E-state index in [1.165, 1.54) is 19.3 Å². The summed E-state index contributed by atoms with van der Waals surface area (Å²) in [6.45, 7) is 5.07. The van der Waals surface area contributed by atoms with E-state index in [0.29, 0.717) is 30.4 Å². The largest absolute Gasteiger partial charge is 0.478 e. The van der Waals surface area contributed by atoms with Crippen molar-refractivity contribution in [3.8, 4) is 5.88 Å². The first kappa shape index (κ1) is 12.1. The Morgan fingerprint density at radius 1 is 1.47 bits per heavy atom. The summed E-state index contributed by atoms with van der Waals surface area (Å²) in [6, 6.07) is 2.32. The van der Waals surface area contributed by atoms with E-state index in [9.17, 15) is 0 Å². The highest BCUT2D eigenvalue weighted by Gasteiger charge is 2.23. The highest BCUT2D eigenvalue weighted by molar-refractivity contribution is 5.29. The van der Waals surface area contributed by atoms with E-state index < -0.39 is 0 Å². The summed E-state index contributed by atoms with van der Waals surface area (Å²) in [5.41, 5.74) is 0. The number of nitrogens with one attached hydrogen (secondary N) is 1. The topological polar surface area (TPSA) is 47.0 Å². The van der Waals surface area contributed by atoms with Gasteiger partial charge < -0.3 is 10.1 Å². The molecule has 1 heterocycles. The molecule has 2 rings (SSSR count). The molecule has 94 valence electrons. The highest BCUT2D eigenvalue weighted by Crippen LogP contribution is 2.27. The summed E-state index contributed by atoms with van der Waals surface area (Å²) in [5, 5.41) is 3.41. The highest BCUT2D eigenvalue weighted by atomic mass is 16.5. The van der Waals surface area contributed by atoms with Gasteiger partial charge in [-0.05, 0) is 25.2 Å². The molecule has 0 saturated heterocycles. The molecule has 0 aliphatic heterocycles. The van der Waals surface area contributed by atoms with Gasteiger partial charge in [-0.2, -0.15) is 4.98 Å². The fourth-order valence-corrected chi connectivity index (χ4v) is 2.22. The van der Waals surface area contributed by atoms with Crippen LogP contribution in [0.15, 0.2) is 12.3 Å². The molecule has 1 aromatic rings. The third-order valence-corrected chi connectivity index (χ3v) is 3.26. The van der Waals surface area contributed by atoms with Gasteiger partial charge in [0, 0.05) is 18.3 Å². The molecule has 0 bridgehead atoms. The number of nitrogens with zero attached hydrogens (tertiary/aromatic N) is 2. The van der Waals surface area contributed by atoms with Gasteiger partial charge in [-0.3, -0.25) is 0 Å². The van der Waals surface area contributed by atoms with Gasteiger partial charge in [0.05, 0.1) is 6.61 Å². The van der Waals surface area contributed by atoms with Crippen LogP contribution in [0.3, 0.4) is 0 Å². The van der Waals surface area contributed by atoms with Gasteiger partial charge >= 0.3 is 0 Å². The third kappa shape index (κ3) is 3.32. The van der Waals surface area contributed by atoms with Gasteiger partial charge in [-0.1, -0.05) is 20.3 Å². The number of anilines is 1. The van der Waals surface area contributed by atoms with Gasteiger partial charge in [-0.15, -0.1) is 0 Å². The molecule has 2 unspecified atom stereocenters. The molecular weight excluding hydrogens is 214 g/mol. The SMILES string of the molecule is CCCOc1ccnc(NC2CCCC2C)n1. The first-order chi connectivity index (χ1) is 8.29. The van der Waals surface area contributed by atoms with Gasteiger partial charge in [-0.25, -0.2) is 4.98 Å². The van der Waals surface area contributed by atoms with Crippen LogP contribution >= 0.6 is 0 Å². The van der Waals surface area contributed by atoms with E-state index in [1.54, 1.807) is 12.3 Å². The van der Waals surface area contributed by atoms with Gasteiger partial charge in [0.1, 0.15) is 0 Å². The Hall–Kier alpha value is -1.32. The lowest BCUT2D eigenvalue weighted by atomic mass is 10.1. The second-order valence-corrected chi connectivity index (χ2v) is 4.73. The average molecular weight is 235 g/mol. The van der Waals surface area contributed by atoms with Crippen LogP contribution in [0.1, 0.15) is 39.5 Å². The molecule has 1 aliphatic carbocycles. The lowest BCUT2D eigenvalue weighted by Gasteiger charge is -2.17. The Bertz CT molecular complexity index is 356. The summed E-state index contributed by atoms with van der Waals surface area (Å²) in [5.74, 6) is 2.06. The van der Waals surface area contributed by atoms with Crippen LogP contribution in [0, 0.1) is 5.92 Å². The van der Waals surface area contributed by atoms with Crippen molar-refractivity contribution in [3.63, 3.8) is 0 Å².